The zero-order chi connectivity index (χ0) is 13.0. The fourth-order valence-electron chi connectivity index (χ4n) is 2.76. The maximum atomic E-state index is 10.7. The van der Waals surface area contributed by atoms with Crippen molar-refractivity contribution in [2.24, 2.45) is 0 Å². The molecule has 1 atom stereocenters. The zero-order valence-corrected chi connectivity index (χ0v) is 11.7. The van der Waals surface area contributed by atoms with Crippen LogP contribution in [-0.4, -0.2) is 35.7 Å². The maximum absolute atomic E-state index is 10.7. The molecule has 0 bridgehead atoms. The van der Waals surface area contributed by atoms with Crippen molar-refractivity contribution in [1.82, 2.24) is 4.90 Å². The Hall–Kier alpha value is -0.860. The summed E-state index contributed by atoms with van der Waals surface area (Å²) in [5, 5.41) is 10.7. The van der Waals surface area contributed by atoms with Crippen molar-refractivity contribution in [2.45, 2.75) is 44.6 Å². The minimum Gasteiger partial charge on any atom is -0.389 e. The Morgan fingerprint density at radius 3 is 2.44 bits per heavy atom. The molecule has 100 valence electrons. The second kappa shape index (κ2) is 5.85. The fraction of sp³-hybridized carbons (Fsp3) is 0.625. The summed E-state index contributed by atoms with van der Waals surface area (Å²) in [6.45, 7) is 4.28. The minimum absolute atomic E-state index is 0.501. The normalized spacial score (nSPS) is 25.9. The molecule has 2 heteroatoms. The predicted molar refractivity (Wildman–Crippen MR) is 75.8 cm³/mol. The molecule has 2 nitrogen and oxygen atoms in total. The highest BCUT2D eigenvalue weighted by Gasteiger charge is 2.29. The first-order valence-electron chi connectivity index (χ1n) is 7.10. The summed E-state index contributed by atoms with van der Waals surface area (Å²) >= 11 is 0. The van der Waals surface area contributed by atoms with Gasteiger partial charge in [-0.2, -0.15) is 0 Å². The fourth-order valence-corrected chi connectivity index (χ4v) is 2.76. The van der Waals surface area contributed by atoms with E-state index >= 15 is 0 Å². The Morgan fingerprint density at radius 1 is 1.11 bits per heavy atom. The first kappa shape index (κ1) is 13.6. The third-order valence-electron chi connectivity index (χ3n) is 4.11. The van der Waals surface area contributed by atoms with E-state index in [1.165, 1.54) is 11.1 Å². The summed E-state index contributed by atoms with van der Waals surface area (Å²) in [6, 6.07) is 8.71. The third kappa shape index (κ3) is 3.56. The van der Waals surface area contributed by atoms with Crippen LogP contribution in [0.15, 0.2) is 24.3 Å². The van der Waals surface area contributed by atoms with Gasteiger partial charge in [0.05, 0.1) is 5.60 Å². The second-order valence-electron chi connectivity index (χ2n) is 5.73. The van der Waals surface area contributed by atoms with Gasteiger partial charge >= 0.3 is 0 Å². The van der Waals surface area contributed by atoms with E-state index in [9.17, 15) is 5.11 Å². The molecule has 1 aromatic carbocycles. The van der Waals surface area contributed by atoms with E-state index in [4.69, 9.17) is 0 Å². The average molecular weight is 247 g/mol. The van der Waals surface area contributed by atoms with Crippen LogP contribution in [0.5, 0.6) is 0 Å². The zero-order valence-electron chi connectivity index (χ0n) is 11.7. The van der Waals surface area contributed by atoms with Crippen LogP contribution < -0.4 is 0 Å². The maximum Gasteiger partial charge on any atom is 0.0700 e. The van der Waals surface area contributed by atoms with Gasteiger partial charge in [-0.3, -0.25) is 0 Å². The molecule has 1 saturated heterocycles. The monoisotopic (exact) mass is 247 g/mol. The van der Waals surface area contributed by atoms with E-state index in [2.05, 4.69) is 43.1 Å². The van der Waals surface area contributed by atoms with Crippen molar-refractivity contribution in [1.29, 1.82) is 0 Å². The molecule has 2 rings (SSSR count). The number of nitrogens with zero attached hydrogens (tertiary/aromatic N) is 1. The molecule has 0 amide bonds. The van der Waals surface area contributed by atoms with E-state index in [-0.39, 0.29) is 0 Å². The summed E-state index contributed by atoms with van der Waals surface area (Å²) in [6.07, 6.45) is 4.78. The summed E-state index contributed by atoms with van der Waals surface area (Å²) in [7, 11) is 2.14. The number of rotatable bonds is 3. The van der Waals surface area contributed by atoms with Crippen molar-refractivity contribution in [3.05, 3.63) is 35.4 Å². The van der Waals surface area contributed by atoms with Gasteiger partial charge in [0.1, 0.15) is 0 Å². The van der Waals surface area contributed by atoms with E-state index in [1.807, 2.05) is 0 Å². The van der Waals surface area contributed by atoms with Crippen molar-refractivity contribution in [3.63, 3.8) is 0 Å². The number of aliphatic hydroxyl groups is 1. The molecule has 0 saturated carbocycles. The second-order valence-corrected chi connectivity index (χ2v) is 5.73. The molecule has 0 spiro atoms. The van der Waals surface area contributed by atoms with Gasteiger partial charge in [0, 0.05) is 13.0 Å². The van der Waals surface area contributed by atoms with Gasteiger partial charge in [-0.25, -0.2) is 0 Å². The Labute approximate surface area is 111 Å². The Kier molecular flexibility index (Phi) is 4.41. The molecular formula is C16H25NO. The van der Waals surface area contributed by atoms with Crippen molar-refractivity contribution in [2.75, 3.05) is 20.1 Å². The molecule has 18 heavy (non-hydrogen) atoms. The lowest BCUT2D eigenvalue weighted by atomic mass is 9.87. The van der Waals surface area contributed by atoms with Gasteiger partial charge in [-0.05, 0) is 50.4 Å². The van der Waals surface area contributed by atoms with Gasteiger partial charge in [-0.15, -0.1) is 0 Å². The van der Waals surface area contributed by atoms with Crippen LogP contribution in [0, 0.1) is 0 Å². The predicted octanol–water partition coefficient (Wildman–Crippen LogP) is 2.64. The largest absolute Gasteiger partial charge is 0.389 e. The van der Waals surface area contributed by atoms with Crippen molar-refractivity contribution < 1.29 is 5.11 Å². The minimum atomic E-state index is -0.501. The van der Waals surface area contributed by atoms with Crippen LogP contribution >= 0.6 is 0 Å². The molecule has 0 radical (unpaired) electrons. The van der Waals surface area contributed by atoms with Crippen LogP contribution in [0.1, 0.15) is 37.3 Å². The van der Waals surface area contributed by atoms with Crippen molar-refractivity contribution >= 4 is 0 Å². The first-order chi connectivity index (χ1) is 8.61. The van der Waals surface area contributed by atoms with E-state index in [0.717, 1.165) is 45.2 Å². The lowest BCUT2D eigenvalue weighted by molar-refractivity contribution is 0.0263. The van der Waals surface area contributed by atoms with E-state index in [1.54, 1.807) is 0 Å². The van der Waals surface area contributed by atoms with E-state index in [0.29, 0.717) is 0 Å². The molecule has 1 aliphatic heterocycles. The van der Waals surface area contributed by atoms with Crippen LogP contribution in [0.25, 0.3) is 0 Å². The average Bonchev–Trinajstić information content (AvgIpc) is 2.53. The molecule has 1 N–H and O–H groups in total. The molecule has 0 aromatic heterocycles. The number of benzene rings is 1. The number of hydrogen-bond donors (Lipinski definition) is 1. The Bertz CT molecular complexity index is 373. The molecule has 0 aliphatic carbocycles. The molecular weight excluding hydrogens is 222 g/mol. The Balaban J connectivity index is 2.01. The topological polar surface area (TPSA) is 23.5 Å². The lowest BCUT2D eigenvalue weighted by Gasteiger charge is -2.26. The first-order valence-corrected chi connectivity index (χ1v) is 7.10. The molecule has 1 aromatic rings. The van der Waals surface area contributed by atoms with Gasteiger partial charge < -0.3 is 10.0 Å². The molecule has 1 unspecified atom stereocenters. The van der Waals surface area contributed by atoms with Crippen LogP contribution in [0.3, 0.4) is 0 Å². The quantitative estimate of drug-likeness (QED) is 0.887. The Morgan fingerprint density at radius 2 is 1.78 bits per heavy atom. The van der Waals surface area contributed by atoms with Crippen molar-refractivity contribution in [3.8, 4) is 0 Å². The SMILES string of the molecule is CCc1ccc(CC2(O)CCCN(C)CC2)cc1. The smallest absolute Gasteiger partial charge is 0.0700 e. The summed E-state index contributed by atoms with van der Waals surface area (Å²) in [4.78, 5) is 2.32. The lowest BCUT2D eigenvalue weighted by Crippen LogP contribution is -2.32. The summed E-state index contributed by atoms with van der Waals surface area (Å²) < 4.78 is 0. The summed E-state index contributed by atoms with van der Waals surface area (Å²) in [5.41, 5.74) is 2.13. The van der Waals surface area contributed by atoms with Crippen LogP contribution in [-0.2, 0) is 12.8 Å². The number of likely N-dealkylation sites (tertiary alicyclic amines) is 1. The highest BCUT2D eigenvalue weighted by Crippen LogP contribution is 2.26. The third-order valence-corrected chi connectivity index (χ3v) is 4.11. The number of aryl methyl sites for hydroxylation is 1. The molecule has 1 fully saturated rings. The van der Waals surface area contributed by atoms with Gasteiger partial charge in [0.2, 0.25) is 0 Å². The standard InChI is InChI=1S/C16H25NO/c1-3-14-5-7-15(8-6-14)13-16(18)9-4-11-17(2)12-10-16/h5-8,18H,3-4,9-13H2,1-2H3. The molecule has 1 aliphatic rings. The van der Waals surface area contributed by atoms with Gasteiger partial charge in [0.15, 0.2) is 0 Å². The van der Waals surface area contributed by atoms with Crippen LogP contribution in [0.4, 0.5) is 0 Å². The molecule has 1 heterocycles. The highest BCUT2D eigenvalue weighted by molar-refractivity contribution is 5.23. The number of hydrogen-bond acceptors (Lipinski definition) is 2. The van der Waals surface area contributed by atoms with Gasteiger partial charge in [-0.1, -0.05) is 31.2 Å². The van der Waals surface area contributed by atoms with Crippen LogP contribution in [0.2, 0.25) is 0 Å². The highest BCUT2D eigenvalue weighted by atomic mass is 16.3. The van der Waals surface area contributed by atoms with E-state index < -0.39 is 5.60 Å². The van der Waals surface area contributed by atoms with Gasteiger partial charge in [0.25, 0.3) is 0 Å². The summed E-state index contributed by atoms with van der Waals surface area (Å²) in [5.74, 6) is 0.